The van der Waals surface area contributed by atoms with Crippen LogP contribution in [-0.2, 0) is 20.9 Å². The van der Waals surface area contributed by atoms with Gasteiger partial charge in [-0.3, -0.25) is 9.59 Å². The largest absolute Gasteiger partial charge is 0.507 e. The molecule has 2 amide bonds. The van der Waals surface area contributed by atoms with Crippen molar-refractivity contribution in [2.24, 2.45) is 11.7 Å². The monoisotopic (exact) mass is 347 g/mol. The van der Waals surface area contributed by atoms with Crippen molar-refractivity contribution >= 4 is 24.0 Å². The number of fused-ring (bicyclic) bond motifs is 1. The maximum atomic E-state index is 12.4. The van der Waals surface area contributed by atoms with Crippen LogP contribution in [0.2, 0.25) is 0 Å². The standard InChI is InChI=1S/C18H22N2O5/c1-18(2,3)25-15(22)8-7-11(16(19)23)9-20-10-13-12(17(20)24)5-4-6-14(13)21/h4-6,9,11H,7-8,10H2,1-3H3,(H2-,19,21,23)/p+1/b20-9+. The molecule has 2 rings (SSSR count). The Kier molecular flexibility index (Phi) is 5.25. The highest BCUT2D eigenvalue weighted by molar-refractivity contribution is 5.97. The first-order chi connectivity index (χ1) is 11.6. The van der Waals surface area contributed by atoms with Crippen LogP contribution in [-0.4, -0.2) is 39.3 Å². The summed E-state index contributed by atoms with van der Waals surface area (Å²) in [5, 5.41) is 9.85. The molecule has 134 valence electrons. The average molecular weight is 347 g/mol. The van der Waals surface area contributed by atoms with Gasteiger partial charge in [-0.25, -0.2) is 4.79 Å². The summed E-state index contributed by atoms with van der Waals surface area (Å²) >= 11 is 0. The third-order valence-electron chi connectivity index (χ3n) is 3.78. The van der Waals surface area contributed by atoms with E-state index in [1.165, 1.54) is 16.9 Å². The molecule has 0 saturated heterocycles. The van der Waals surface area contributed by atoms with Gasteiger partial charge in [0.2, 0.25) is 5.91 Å². The van der Waals surface area contributed by atoms with Gasteiger partial charge in [-0.15, -0.1) is 0 Å². The van der Waals surface area contributed by atoms with Crippen molar-refractivity contribution in [1.29, 1.82) is 0 Å². The number of carbonyl (C=O) groups is 3. The molecule has 7 nitrogen and oxygen atoms in total. The molecule has 1 aromatic rings. The molecule has 3 N–H and O–H groups in total. The molecule has 25 heavy (non-hydrogen) atoms. The number of phenols is 1. The zero-order valence-electron chi connectivity index (χ0n) is 14.6. The van der Waals surface area contributed by atoms with E-state index in [9.17, 15) is 19.5 Å². The number of amides is 2. The molecular formula is C18H23N2O5+. The second-order valence-electron chi connectivity index (χ2n) is 7.02. The van der Waals surface area contributed by atoms with Crippen LogP contribution in [0.4, 0.5) is 0 Å². The summed E-state index contributed by atoms with van der Waals surface area (Å²) in [7, 11) is 0. The van der Waals surface area contributed by atoms with E-state index in [1.807, 2.05) is 0 Å². The molecule has 7 heteroatoms. The number of nitrogens with zero attached hydrogens (tertiary/aromatic N) is 1. The lowest BCUT2D eigenvalue weighted by atomic mass is 10.0. The van der Waals surface area contributed by atoms with Crippen LogP contribution in [0.25, 0.3) is 0 Å². The van der Waals surface area contributed by atoms with Crippen molar-refractivity contribution in [3.63, 3.8) is 0 Å². The summed E-state index contributed by atoms with van der Waals surface area (Å²) in [4.78, 5) is 35.9. The smallest absolute Gasteiger partial charge is 0.420 e. The van der Waals surface area contributed by atoms with Crippen LogP contribution in [0.15, 0.2) is 18.2 Å². The van der Waals surface area contributed by atoms with Crippen molar-refractivity contribution in [2.75, 3.05) is 0 Å². The zero-order chi connectivity index (χ0) is 18.8. The van der Waals surface area contributed by atoms with Crippen LogP contribution in [0.3, 0.4) is 0 Å². The van der Waals surface area contributed by atoms with E-state index in [1.54, 1.807) is 32.9 Å². The predicted molar refractivity (Wildman–Crippen MR) is 90.2 cm³/mol. The number of primary amides is 1. The average Bonchev–Trinajstić information content (AvgIpc) is 2.79. The fourth-order valence-corrected chi connectivity index (χ4v) is 2.63. The van der Waals surface area contributed by atoms with Gasteiger partial charge in [0.05, 0.1) is 5.56 Å². The molecule has 1 atom stereocenters. The fourth-order valence-electron chi connectivity index (χ4n) is 2.63. The highest BCUT2D eigenvalue weighted by atomic mass is 16.6. The van der Waals surface area contributed by atoms with Crippen LogP contribution in [0, 0.1) is 5.92 Å². The molecule has 1 aromatic carbocycles. The van der Waals surface area contributed by atoms with Crippen LogP contribution >= 0.6 is 0 Å². The van der Waals surface area contributed by atoms with Gasteiger partial charge >= 0.3 is 11.9 Å². The number of ether oxygens (including phenoxy) is 1. The third kappa shape index (κ3) is 4.65. The van der Waals surface area contributed by atoms with Crippen LogP contribution in [0.5, 0.6) is 5.75 Å². The highest BCUT2D eigenvalue weighted by Crippen LogP contribution is 2.27. The summed E-state index contributed by atoms with van der Waals surface area (Å²) in [5.74, 6) is -2.12. The lowest BCUT2D eigenvalue weighted by molar-refractivity contribution is -0.434. The molecule has 0 saturated carbocycles. The van der Waals surface area contributed by atoms with Gasteiger partial charge in [-0.2, -0.15) is 4.58 Å². The minimum atomic E-state index is -0.784. The minimum absolute atomic E-state index is 0.0155. The van der Waals surface area contributed by atoms with Gasteiger partial charge in [-0.1, -0.05) is 6.07 Å². The van der Waals surface area contributed by atoms with Gasteiger partial charge < -0.3 is 15.6 Å². The summed E-state index contributed by atoms with van der Waals surface area (Å²) in [6, 6.07) is 4.71. The SMILES string of the molecule is CC(C)(C)OC(=O)CCC(/C=[N+]1\Cc2c(O)cccc2C1=O)C(N)=O. The van der Waals surface area contributed by atoms with Crippen molar-refractivity contribution in [2.45, 2.75) is 45.8 Å². The number of aromatic hydroxyl groups is 1. The molecule has 0 aliphatic carbocycles. The molecule has 0 spiro atoms. The molecule has 1 heterocycles. The lowest BCUT2D eigenvalue weighted by Crippen LogP contribution is -2.30. The number of benzene rings is 1. The molecule has 1 aliphatic heterocycles. The molecule has 1 unspecified atom stereocenters. The van der Waals surface area contributed by atoms with E-state index in [0.717, 1.165) is 0 Å². The van der Waals surface area contributed by atoms with Crippen LogP contribution in [0.1, 0.15) is 49.5 Å². The molecule has 0 aromatic heterocycles. The van der Waals surface area contributed by atoms with E-state index < -0.39 is 23.4 Å². The van der Waals surface area contributed by atoms with Gasteiger partial charge in [0, 0.05) is 6.42 Å². The molecule has 0 radical (unpaired) electrons. The van der Waals surface area contributed by atoms with Crippen molar-refractivity contribution < 1.29 is 28.8 Å². The first-order valence-corrected chi connectivity index (χ1v) is 8.06. The van der Waals surface area contributed by atoms with Gasteiger partial charge in [0.15, 0.2) is 12.8 Å². The number of hydrogen-bond acceptors (Lipinski definition) is 5. The van der Waals surface area contributed by atoms with Crippen molar-refractivity contribution in [1.82, 2.24) is 0 Å². The van der Waals surface area contributed by atoms with Crippen LogP contribution < -0.4 is 5.73 Å². The Hall–Kier alpha value is -2.70. The first kappa shape index (κ1) is 18.6. The second-order valence-corrected chi connectivity index (χ2v) is 7.02. The molecule has 0 bridgehead atoms. The molecule has 0 fully saturated rings. The van der Waals surface area contributed by atoms with E-state index in [4.69, 9.17) is 10.5 Å². The first-order valence-electron chi connectivity index (χ1n) is 8.06. The predicted octanol–water partition coefficient (Wildman–Crippen LogP) is 1.35. The Morgan fingerprint density at radius 2 is 2.08 bits per heavy atom. The number of hydrogen-bond donors (Lipinski definition) is 2. The van der Waals surface area contributed by atoms with Crippen molar-refractivity contribution in [3.8, 4) is 5.75 Å². The minimum Gasteiger partial charge on any atom is -0.507 e. The number of esters is 1. The van der Waals surface area contributed by atoms with Gasteiger partial charge in [-0.05, 0) is 39.3 Å². The van der Waals surface area contributed by atoms with E-state index in [2.05, 4.69) is 0 Å². The Bertz CT molecular complexity index is 746. The fraction of sp³-hybridized carbons (Fsp3) is 0.444. The number of rotatable bonds is 5. The van der Waals surface area contributed by atoms with Gasteiger partial charge in [0.1, 0.15) is 22.8 Å². The normalized spacial score (nSPS) is 16.6. The molecular weight excluding hydrogens is 324 g/mol. The topological polar surface area (TPSA) is 110 Å². The van der Waals surface area contributed by atoms with Crippen molar-refractivity contribution in [3.05, 3.63) is 29.3 Å². The summed E-state index contributed by atoms with van der Waals surface area (Å²) in [5.41, 5.74) is 5.70. The van der Waals surface area contributed by atoms with Gasteiger partial charge in [0.25, 0.3) is 0 Å². The maximum Gasteiger partial charge on any atom is 0.420 e. The molecule has 1 aliphatic rings. The Labute approximate surface area is 146 Å². The summed E-state index contributed by atoms with van der Waals surface area (Å²) in [6.45, 7) is 5.44. The third-order valence-corrected chi connectivity index (χ3v) is 3.78. The number of phenolic OH excluding ortho intramolecular Hbond substituents is 1. The quantitative estimate of drug-likeness (QED) is 0.617. The Morgan fingerprint density at radius 1 is 1.40 bits per heavy atom. The Morgan fingerprint density at radius 3 is 2.64 bits per heavy atom. The maximum absolute atomic E-state index is 12.4. The highest BCUT2D eigenvalue weighted by Gasteiger charge is 2.36. The van der Waals surface area contributed by atoms with E-state index >= 15 is 0 Å². The van der Waals surface area contributed by atoms with E-state index in [-0.39, 0.29) is 31.0 Å². The summed E-state index contributed by atoms with van der Waals surface area (Å²) in [6.07, 6.45) is 1.59. The number of nitrogens with two attached hydrogens (primary N) is 1. The second kappa shape index (κ2) is 7.04. The zero-order valence-corrected chi connectivity index (χ0v) is 14.6. The lowest BCUT2D eigenvalue weighted by Gasteiger charge is -2.19. The Balaban J connectivity index is 2.11. The number of carbonyl (C=O) groups excluding carboxylic acids is 3. The van der Waals surface area contributed by atoms with E-state index in [0.29, 0.717) is 11.1 Å². The summed E-state index contributed by atoms with van der Waals surface area (Å²) < 4.78 is 6.55.